The SMILES string of the molecule is CCc1ccc2[nH]cc(CCNC(=O)c3ccccc3-c3ccc(C)cc3)c2c1. The second-order valence-electron chi connectivity index (χ2n) is 7.46. The smallest absolute Gasteiger partial charge is 0.251 e. The molecule has 0 aliphatic rings. The first-order valence-electron chi connectivity index (χ1n) is 10.2. The minimum Gasteiger partial charge on any atom is -0.361 e. The lowest BCUT2D eigenvalue weighted by Crippen LogP contribution is -2.26. The van der Waals surface area contributed by atoms with Crippen molar-refractivity contribution < 1.29 is 4.79 Å². The van der Waals surface area contributed by atoms with Gasteiger partial charge in [0.05, 0.1) is 0 Å². The fourth-order valence-electron chi connectivity index (χ4n) is 3.72. The van der Waals surface area contributed by atoms with Gasteiger partial charge < -0.3 is 10.3 Å². The van der Waals surface area contributed by atoms with Gasteiger partial charge in [-0.3, -0.25) is 4.79 Å². The molecule has 3 aromatic carbocycles. The molecule has 0 bridgehead atoms. The van der Waals surface area contributed by atoms with Gasteiger partial charge in [0.15, 0.2) is 0 Å². The van der Waals surface area contributed by atoms with Crippen LogP contribution in [0.1, 0.15) is 34.0 Å². The standard InChI is InChI=1S/C26H26N2O/c1-3-19-10-13-25-24(16-19)21(17-28-25)14-15-27-26(29)23-7-5-4-6-22(23)20-11-8-18(2)9-12-20/h4-13,16-17,28H,3,14-15H2,1-2H3,(H,27,29). The van der Waals surface area contributed by atoms with Crippen LogP contribution in [0.5, 0.6) is 0 Å². The minimum atomic E-state index is -0.0322. The molecule has 3 heteroatoms. The molecule has 4 rings (SSSR count). The predicted octanol–water partition coefficient (Wildman–Crippen LogP) is 5.68. The molecule has 0 spiro atoms. The monoisotopic (exact) mass is 382 g/mol. The summed E-state index contributed by atoms with van der Waals surface area (Å²) in [6, 6.07) is 22.6. The molecule has 4 aromatic rings. The van der Waals surface area contributed by atoms with Crippen molar-refractivity contribution in [3.63, 3.8) is 0 Å². The summed E-state index contributed by atoms with van der Waals surface area (Å²) in [4.78, 5) is 16.2. The molecule has 0 aliphatic heterocycles. The molecule has 2 N–H and O–H groups in total. The summed E-state index contributed by atoms with van der Waals surface area (Å²) in [6.45, 7) is 4.83. The third kappa shape index (κ3) is 4.09. The lowest BCUT2D eigenvalue weighted by molar-refractivity contribution is 0.0955. The number of aryl methyl sites for hydroxylation is 2. The average Bonchev–Trinajstić information content (AvgIpc) is 3.16. The second-order valence-corrected chi connectivity index (χ2v) is 7.46. The Hall–Kier alpha value is -3.33. The van der Waals surface area contributed by atoms with E-state index in [4.69, 9.17) is 0 Å². The van der Waals surface area contributed by atoms with Crippen molar-refractivity contribution in [2.24, 2.45) is 0 Å². The molecule has 0 fully saturated rings. The van der Waals surface area contributed by atoms with E-state index in [1.54, 1.807) is 0 Å². The summed E-state index contributed by atoms with van der Waals surface area (Å²) in [7, 11) is 0. The Morgan fingerprint density at radius 3 is 2.59 bits per heavy atom. The number of nitrogens with one attached hydrogen (secondary N) is 2. The van der Waals surface area contributed by atoms with Crippen molar-refractivity contribution in [2.75, 3.05) is 6.54 Å². The highest BCUT2D eigenvalue weighted by Crippen LogP contribution is 2.24. The van der Waals surface area contributed by atoms with Gasteiger partial charge in [-0.25, -0.2) is 0 Å². The molecule has 0 atom stereocenters. The summed E-state index contributed by atoms with van der Waals surface area (Å²) in [6.07, 6.45) is 3.87. The number of aromatic nitrogens is 1. The lowest BCUT2D eigenvalue weighted by Gasteiger charge is -2.11. The molecule has 0 saturated carbocycles. The van der Waals surface area contributed by atoms with Crippen LogP contribution in [0.25, 0.3) is 22.0 Å². The third-order valence-electron chi connectivity index (χ3n) is 5.45. The molecule has 29 heavy (non-hydrogen) atoms. The molecule has 1 aromatic heterocycles. The molecule has 1 heterocycles. The van der Waals surface area contributed by atoms with Gasteiger partial charge in [-0.1, -0.05) is 61.0 Å². The van der Waals surface area contributed by atoms with E-state index < -0.39 is 0 Å². The van der Waals surface area contributed by atoms with Gasteiger partial charge in [-0.05, 0) is 60.2 Å². The molecule has 0 unspecified atom stereocenters. The molecular weight excluding hydrogens is 356 g/mol. The van der Waals surface area contributed by atoms with E-state index >= 15 is 0 Å². The van der Waals surface area contributed by atoms with E-state index in [1.807, 2.05) is 24.3 Å². The zero-order valence-corrected chi connectivity index (χ0v) is 17.0. The molecular formula is C26H26N2O. The number of hydrogen-bond donors (Lipinski definition) is 2. The van der Waals surface area contributed by atoms with Crippen LogP contribution >= 0.6 is 0 Å². The van der Waals surface area contributed by atoms with E-state index in [1.165, 1.54) is 22.1 Å². The van der Waals surface area contributed by atoms with Gasteiger partial charge in [0.1, 0.15) is 0 Å². The van der Waals surface area contributed by atoms with Crippen LogP contribution in [0.15, 0.2) is 72.9 Å². The fraction of sp³-hybridized carbons (Fsp3) is 0.192. The van der Waals surface area contributed by atoms with Gasteiger partial charge >= 0.3 is 0 Å². The van der Waals surface area contributed by atoms with E-state index in [2.05, 4.69) is 72.8 Å². The molecule has 0 saturated heterocycles. The van der Waals surface area contributed by atoms with Crippen molar-refractivity contribution >= 4 is 16.8 Å². The Balaban J connectivity index is 1.48. The number of amides is 1. The Bertz CT molecular complexity index is 1140. The van der Waals surface area contributed by atoms with Crippen LogP contribution in [0.3, 0.4) is 0 Å². The minimum absolute atomic E-state index is 0.0322. The van der Waals surface area contributed by atoms with Gasteiger partial charge in [0, 0.05) is 29.2 Å². The largest absolute Gasteiger partial charge is 0.361 e. The topological polar surface area (TPSA) is 44.9 Å². The number of fused-ring (bicyclic) bond motifs is 1. The van der Waals surface area contributed by atoms with Crippen LogP contribution in [-0.2, 0) is 12.8 Å². The van der Waals surface area contributed by atoms with Crippen LogP contribution in [0.4, 0.5) is 0 Å². The summed E-state index contributed by atoms with van der Waals surface area (Å²) < 4.78 is 0. The summed E-state index contributed by atoms with van der Waals surface area (Å²) in [5.74, 6) is -0.0322. The first-order chi connectivity index (χ1) is 14.2. The van der Waals surface area contributed by atoms with E-state index in [9.17, 15) is 4.79 Å². The molecule has 146 valence electrons. The second kappa shape index (κ2) is 8.36. The maximum atomic E-state index is 12.9. The van der Waals surface area contributed by atoms with Crippen molar-refractivity contribution in [1.29, 1.82) is 0 Å². The van der Waals surface area contributed by atoms with Crippen molar-refractivity contribution in [3.05, 3.63) is 95.2 Å². The van der Waals surface area contributed by atoms with Crippen molar-refractivity contribution in [2.45, 2.75) is 26.7 Å². The van der Waals surface area contributed by atoms with Crippen LogP contribution in [-0.4, -0.2) is 17.4 Å². The summed E-state index contributed by atoms with van der Waals surface area (Å²) in [5.41, 5.74) is 7.66. The zero-order valence-electron chi connectivity index (χ0n) is 17.0. The molecule has 3 nitrogen and oxygen atoms in total. The number of carbonyl (C=O) groups excluding carboxylic acids is 1. The maximum absolute atomic E-state index is 12.9. The van der Waals surface area contributed by atoms with Crippen molar-refractivity contribution in [1.82, 2.24) is 10.3 Å². The fourth-order valence-corrected chi connectivity index (χ4v) is 3.72. The van der Waals surface area contributed by atoms with Gasteiger partial charge in [0.25, 0.3) is 5.91 Å². The first kappa shape index (κ1) is 19.0. The zero-order chi connectivity index (χ0) is 20.2. The number of hydrogen-bond acceptors (Lipinski definition) is 1. The molecule has 0 aliphatic carbocycles. The number of carbonyl (C=O) groups is 1. The lowest BCUT2D eigenvalue weighted by atomic mass is 9.98. The normalized spacial score (nSPS) is 11.0. The Morgan fingerprint density at radius 2 is 1.79 bits per heavy atom. The number of rotatable bonds is 6. The van der Waals surface area contributed by atoms with Gasteiger partial charge in [0.2, 0.25) is 0 Å². The number of aromatic amines is 1. The third-order valence-corrected chi connectivity index (χ3v) is 5.45. The first-order valence-corrected chi connectivity index (χ1v) is 10.2. The quantitative estimate of drug-likeness (QED) is 0.443. The van der Waals surface area contributed by atoms with Gasteiger partial charge in [-0.15, -0.1) is 0 Å². The van der Waals surface area contributed by atoms with Crippen molar-refractivity contribution in [3.8, 4) is 11.1 Å². The maximum Gasteiger partial charge on any atom is 0.251 e. The Kier molecular flexibility index (Phi) is 5.48. The van der Waals surface area contributed by atoms with E-state index in [-0.39, 0.29) is 5.91 Å². The Labute approximate surface area is 171 Å². The predicted molar refractivity (Wildman–Crippen MR) is 120 cm³/mol. The average molecular weight is 383 g/mol. The highest BCUT2D eigenvalue weighted by Gasteiger charge is 2.12. The van der Waals surface area contributed by atoms with Crippen LogP contribution in [0.2, 0.25) is 0 Å². The van der Waals surface area contributed by atoms with E-state index in [0.29, 0.717) is 12.1 Å². The van der Waals surface area contributed by atoms with Crippen LogP contribution in [0, 0.1) is 6.92 Å². The number of benzene rings is 3. The van der Waals surface area contributed by atoms with Gasteiger partial charge in [-0.2, -0.15) is 0 Å². The van der Waals surface area contributed by atoms with E-state index in [0.717, 1.165) is 29.5 Å². The summed E-state index contributed by atoms with van der Waals surface area (Å²) in [5, 5.41) is 4.35. The summed E-state index contributed by atoms with van der Waals surface area (Å²) >= 11 is 0. The van der Waals surface area contributed by atoms with Crippen LogP contribution < -0.4 is 5.32 Å². The Morgan fingerprint density at radius 1 is 1.00 bits per heavy atom. The highest BCUT2D eigenvalue weighted by molar-refractivity contribution is 6.00. The molecule has 1 amide bonds. The highest BCUT2D eigenvalue weighted by atomic mass is 16.1. The molecule has 0 radical (unpaired) electrons. The number of H-pyrrole nitrogens is 1.